The number of pyridine rings is 1. The van der Waals surface area contributed by atoms with E-state index in [-0.39, 0.29) is 18.2 Å². The first-order valence-corrected chi connectivity index (χ1v) is 12.2. The Morgan fingerprint density at radius 1 is 1.03 bits per heavy atom. The SMILES string of the molecule is CCOC(=O)c1cc(-c2ccc(N3CCN(C(=O)c4c(C)noc4C)CC3)cc2)n(-c2ccccn2)n1. The third kappa shape index (κ3) is 4.82. The highest BCUT2D eigenvalue weighted by Gasteiger charge is 2.27. The zero-order valence-electron chi connectivity index (χ0n) is 21.0. The van der Waals surface area contributed by atoms with Gasteiger partial charge in [-0.1, -0.05) is 23.4 Å². The number of carbonyl (C=O) groups is 2. The van der Waals surface area contributed by atoms with Crippen molar-refractivity contribution in [2.24, 2.45) is 0 Å². The summed E-state index contributed by atoms with van der Waals surface area (Å²) in [6.45, 7) is 8.24. The summed E-state index contributed by atoms with van der Waals surface area (Å²) in [5.41, 5.74) is 4.10. The standard InChI is InChI=1S/C27H28N6O4/c1-4-36-27(35)22-17-23(33(29-22)24-7-5-6-12-28-24)20-8-10-21(11-9-20)31-13-15-32(16-14-31)26(34)25-18(2)30-37-19(25)3/h5-12,17H,4,13-16H2,1-3H3. The number of esters is 1. The number of rotatable bonds is 6. The van der Waals surface area contributed by atoms with Gasteiger partial charge in [0.15, 0.2) is 11.5 Å². The number of aromatic nitrogens is 4. The van der Waals surface area contributed by atoms with Crippen molar-refractivity contribution in [3.05, 3.63) is 77.4 Å². The van der Waals surface area contributed by atoms with Gasteiger partial charge < -0.3 is 19.1 Å². The van der Waals surface area contributed by atoms with E-state index in [1.807, 2.05) is 47.4 Å². The molecular weight excluding hydrogens is 472 g/mol. The number of amides is 1. The van der Waals surface area contributed by atoms with Crippen molar-refractivity contribution in [1.82, 2.24) is 24.8 Å². The van der Waals surface area contributed by atoms with Crippen LogP contribution in [0.3, 0.4) is 0 Å². The predicted octanol–water partition coefficient (Wildman–Crippen LogP) is 3.68. The molecule has 10 heteroatoms. The number of carbonyl (C=O) groups excluding carboxylic acids is 2. The summed E-state index contributed by atoms with van der Waals surface area (Å²) in [4.78, 5) is 33.8. The van der Waals surface area contributed by atoms with Crippen LogP contribution in [-0.2, 0) is 4.74 Å². The second-order valence-electron chi connectivity index (χ2n) is 8.76. The normalized spacial score (nSPS) is 13.6. The number of anilines is 1. The van der Waals surface area contributed by atoms with E-state index in [2.05, 4.69) is 20.1 Å². The van der Waals surface area contributed by atoms with E-state index in [4.69, 9.17) is 9.26 Å². The number of benzene rings is 1. The summed E-state index contributed by atoms with van der Waals surface area (Å²) in [5, 5.41) is 8.37. The van der Waals surface area contributed by atoms with Gasteiger partial charge >= 0.3 is 5.97 Å². The van der Waals surface area contributed by atoms with Crippen LogP contribution in [0.5, 0.6) is 0 Å². The molecule has 1 fully saturated rings. The highest BCUT2D eigenvalue weighted by molar-refractivity contribution is 5.96. The monoisotopic (exact) mass is 500 g/mol. The molecule has 0 N–H and O–H groups in total. The van der Waals surface area contributed by atoms with Crippen molar-refractivity contribution in [2.45, 2.75) is 20.8 Å². The molecule has 0 bridgehead atoms. The van der Waals surface area contributed by atoms with Crippen LogP contribution in [0.1, 0.15) is 39.2 Å². The minimum absolute atomic E-state index is 0.0357. The van der Waals surface area contributed by atoms with Gasteiger partial charge in [-0.15, -0.1) is 0 Å². The lowest BCUT2D eigenvalue weighted by molar-refractivity contribution is 0.0518. The summed E-state index contributed by atoms with van der Waals surface area (Å²) < 4.78 is 12.0. The summed E-state index contributed by atoms with van der Waals surface area (Å²) in [7, 11) is 0. The Kier molecular flexibility index (Phi) is 6.72. The van der Waals surface area contributed by atoms with E-state index in [9.17, 15) is 9.59 Å². The van der Waals surface area contributed by atoms with Crippen molar-refractivity contribution >= 4 is 17.6 Å². The van der Waals surface area contributed by atoms with E-state index >= 15 is 0 Å². The highest BCUT2D eigenvalue weighted by atomic mass is 16.5. The van der Waals surface area contributed by atoms with Gasteiger partial charge in [-0.2, -0.15) is 5.10 Å². The fourth-order valence-corrected chi connectivity index (χ4v) is 4.50. The Balaban J connectivity index is 1.33. The fraction of sp³-hybridized carbons (Fsp3) is 0.296. The van der Waals surface area contributed by atoms with Gasteiger partial charge in [0.2, 0.25) is 0 Å². The van der Waals surface area contributed by atoms with Crippen molar-refractivity contribution < 1.29 is 18.8 Å². The lowest BCUT2D eigenvalue weighted by Gasteiger charge is -2.36. The molecule has 10 nitrogen and oxygen atoms in total. The van der Waals surface area contributed by atoms with Gasteiger partial charge in [0.05, 0.1) is 18.0 Å². The van der Waals surface area contributed by atoms with Gasteiger partial charge in [0.25, 0.3) is 5.91 Å². The quantitative estimate of drug-likeness (QED) is 0.369. The maximum atomic E-state index is 12.9. The molecule has 190 valence electrons. The van der Waals surface area contributed by atoms with Crippen LogP contribution in [0.2, 0.25) is 0 Å². The van der Waals surface area contributed by atoms with Gasteiger partial charge in [-0.05, 0) is 51.1 Å². The molecular formula is C27H28N6O4. The molecule has 3 aromatic heterocycles. The van der Waals surface area contributed by atoms with Crippen LogP contribution in [-0.4, -0.2) is 69.5 Å². The van der Waals surface area contributed by atoms with Crippen molar-refractivity contribution in [2.75, 3.05) is 37.7 Å². The van der Waals surface area contributed by atoms with E-state index in [1.165, 1.54) is 0 Å². The Hall–Kier alpha value is -4.47. The van der Waals surface area contributed by atoms with Crippen LogP contribution in [0, 0.1) is 13.8 Å². The topological polar surface area (TPSA) is 107 Å². The predicted molar refractivity (Wildman–Crippen MR) is 137 cm³/mol. The molecule has 0 unspecified atom stereocenters. The molecule has 0 aliphatic carbocycles. The van der Waals surface area contributed by atoms with Gasteiger partial charge in [-0.25, -0.2) is 14.5 Å². The number of aryl methyl sites for hydroxylation is 2. The van der Waals surface area contributed by atoms with Crippen LogP contribution < -0.4 is 4.90 Å². The molecule has 1 saturated heterocycles. The molecule has 4 heterocycles. The lowest BCUT2D eigenvalue weighted by Crippen LogP contribution is -2.49. The Morgan fingerprint density at radius 3 is 2.41 bits per heavy atom. The molecule has 0 radical (unpaired) electrons. The summed E-state index contributed by atoms with van der Waals surface area (Å²) in [6, 6.07) is 15.3. The maximum Gasteiger partial charge on any atom is 0.358 e. The smallest absolute Gasteiger partial charge is 0.358 e. The Morgan fingerprint density at radius 2 is 1.78 bits per heavy atom. The minimum atomic E-state index is -0.473. The third-order valence-electron chi connectivity index (χ3n) is 6.40. The van der Waals surface area contributed by atoms with Crippen molar-refractivity contribution in [1.29, 1.82) is 0 Å². The molecule has 1 amide bonds. The largest absolute Gasteiger partial charge is 0.461 e. The van der Waals surface area contributed by atoms with Gasteiger partial charge in [0.1, 0.15) is 11.3 Å². The average molecular weight is 501 g/mol. The first kappa shape index (κ1) is 24.2. The van der Waals surface area contributed by atoms with Crippen molar-refractivity contribution in [3.63, 3.8) is 0 Å². The van der Waals surface area contributed by atoms with E-state index in [1.54, 1.807) is 37.7 Å². The van der Waals surface area contributed by atoms with E-state index < -0.39 is 5.97 Å². The Labute approximate surface area is 214 Å². The first-order valence-electron chi connectivity index (χ1n) is 12.2. The maximum absolute atomic E-state index is 12.9. The van der Waals surface area contributed by atoms with Gasteiger partial charge in [0, 0.05) is 43.6 Å². The fourth-order valence-electron chi connectivity index (χ4n) is 4.50. The summed E-state index contributed by atoms with van der Waals surface area (Å²) >= 11 is 0. The van der Waals surface area contributed by atoms with E-state index in [0.29, 0.717) is 49.0 Å². The first-order chi connectivity index (χ1) is 18.0. The van der Waals surface area contributed by atoms with Crippen LogP contribution in [0.25, 0.3) is 17.1 Å². The van der Waals surface area contributed by atoms with Gasteiger partial charge in [-0.3, -0.25) is 4.79 Å². The number of ether oxygens (including phenoxy) is 1. The molecule has 0 atom stereocenters. The molecule has 0 saturated carbocycles. The second-order valence-corrected chi connectivity index (χ2v) is 8.76. The van der Waals surface area contributed by atoms with E-state index in [0.717, 1.165) is 16.9 Å². The molecule has 1 aromatic carbocycles. The van der Waals surface area contributed by atoms with Crippen LogP contribution >= 0.6 is 0 Å². The van der Waals surface area contributed by atoms with Crippen LogP contribution in [0.4, 0.5) is 5.69 Å². The zero-order chi connectivity index (χ0) is 25.9. The zero-order valence-corrected chi connectivity index (χ0v) is 21.0. The van der Waals surface area contributed by atoms with Crippen LogP contribution in [0.15, 0.2) is 59.3 Å². The lowest BCUT2D eigenvalue weighted by atomic mass is 10.1. The average Bonchev–Trinajstić information content (AvgIpc) is 3.52. The second kappa shape index (κ2) is 10.3. The summed E-state index contributed by atoms with van der Waals surface area (Å²) in [5.74, 6) is 0.651. The molecule has 4 aromatic rings. The molecule has 5 rings (SSSR count). The highest BCUT2D eigenvalue weighted by Crippen LogP contribution is 2.27. The third-order valence-corrected chi connectivity index (χ3v) is 6.40. The minimum Gasteiger partial charge on any atom is -0.461 e. The van der Waals surface area contributed by atoms with Crippen molar-refractivity contribution in [3.8, 4) is 17.1 Å². The number of hydrogen-bond donors (Lipinski definition) is 0. The molecule has 0 spiro atoms. The summed E-state index contributed by atoms with van der Waals surface area (Å²) in [6.07, 6.45) is 1.68. The number of hydrogen-bond acceptors (Lipinski definition) is 8. The number of piperazine rings is 1. The molecule has 1 aliphatic rings. The molecule has 37 heavy (non-hydrogen) atoms. The number of nitrogens with zero attached hydrogens (tertiary/aromatic N) is 6. The molecule has 1 aliphatic heterocycles. The Bertz CT molecular complexity index is 1380.